The Hall–Kier alpha value is -2.22. The van der Waals surface area contributed by atoms with Crippen LogP contribution in [0.1, 0.15) is 46.2 Å². The van der Waals surface area contributed by atoms with Crippen molar-refractivity contribution in [3.8, 4) is 0 Å². The first-order valence-corrected chi connectivity index (χ1v) is 14.3. The number of hydrogen-bond donors (Lipinski definition) is 0. The van der Waals surface area contributed by atoms with Crippen molar-refractivity contribution < 1.29 is 32.2 Å². The van der Waals surface area contributed by atoms with Gasteiger partial charge in [0.05, 0.1) is 46.9 Å². The number of carbonyl (C=O) groups is 1. The first kappa shape index (κ1) is 30.7. The Morgan fingerprint density at radius 3 is 2.50 bits per heavy atom. The predicted octanol–water partition coefficient (Wildman–Crippen LogP) is 5.21. The summed E-state index contributed by atoms with van der Waals surface area (Å²) in [7, 11) is 1.54. The average molecular weight is 607 g/mol. The Labute approximate surface area is 239 Å². The smallest absolute Gasteiger partial charge is 0.417 e. The lowest BCUT2D eigenvalue weighted by Gasteiger charge is -2.45. The summed E-state index contributed by atoms with van der Waals surface area (Å²) >= 11 is 7.49. The number of carbonyl (C=O) groups excluding carboxylic acids is 1. The van der Waals surface area contributed by atoms with Crippen molar-refractivity contribution in [1.82, 2.24) is 14.5 Å². The Bertz CT molecular complexity index is 1330. The number of benzene rings is 1. The first-order chi connectivity index (χ1) is 18.6. The van der Waals surface area contributed by atoms with E-state index in [9.17, 15) is 22.8 Å². The summed E-state index contributed by atoms with van der Waals surface area (Å²) < 4.78 is 59.9. The fourth-order valence-corrected chi connectivity index (χ4v) is 6.57. The molecule has 14 heteroatoms. The van der Waals surface area contributed by atoms with Gasteiger partial charge in [-0.2, -0.15) is 18.2 Å². The molecule has 2 aliphatic rings. The number of methoxy groups -OCH3 is 1. The van der Waals surface area contributed by atoms with Gasteiger partial charge in [0, 0.05) is 43.4 Å². The number of hydrogen-bond acceptors (Lipinski definition) is 8. The van der Waals surface area contributed by atoms with E-state index in [0.717, 1.165) is 6.07 Å². The molecule has 0 radical (unpaired) electrons. The number of aromatic nitrogens is 2. The number of rotatable bonds is 6. The lowest BCUT2D eigenvalue weighted by molar-refractivity contribution is -0.137. The maximum atomic E-state index is 14.1. The van der Waals surface area contributed by atoms with Crippen LogP contribution in [0.3, 0.4) is 0 Å². The number of ether oxygens (including phenoxy) is 3. The summed E-state index contributed by atoms with van der Waals surface area (Å²) in [6.07, 6.45) is -5.19. The average Bonchev–Trinajstić information content (AvgIpc) is 2.84. The second-order valence-electron chi connectivity index (χ2n) is 11.1. The third-order valence-electron chi connectivity index (χ3n) is 6.80. The molecule has 4 rings (SSSR count). The number of alkyl halides is 3. The summed E-state index contributed by atoms with van der Waals surface area (Å²) in [4.78, 5) is 34.2. The van der Waals surface area contributed by atoms with Gasteiger partial charge in [-0.15, -0.1) is 11.8 Å². The van der Waals surface area contributed by atoms with E-state index in [1.165, 1.54) is 16.3 Å². The van der Waals surface area contributed by atoms with Crippen molar-refractivity contribution in [1.29, 1.82) is 0 Å². The highest BCUT2D eigenvalue weighted by Gasteiger charge is 2.40. The van der Waals surface area contributed by atoms with Crippen LogP contribution in [0.4, 0.5) is 23.8 Å². The van der Waals surface area contributed by atoms with Crippen LogP contribution in [0.15, 0.2) is 15.8 Å². The van der Waals surface area contributed by atoms with E-state index in [1.54, 1.807) is 37.7 Å². The molecule has 1 amide bonds. The van der Waals surface area contributed by atoms with Gasteiger partial charge < -0.3 is 24.0 Å². The number of thioether (sulfide) groups is 1. The van der Waals surface area contributed by atoms with Gasteiger partial charge in [0.2, 0.25) is 0 Å². The lowest BCUT2D eigenvalue weighted by atomic mass is 10.1. The molecule has 2 aromatic rings. The van der Waals surface area contributed by atoms with Gasteiger partial charge in [0.15, 0.2) is 0 Å². The molecule has 1 aromatic heterocycles. The zero-order valence-electron chi connectivity index (χ0n) is 23.3. The third-order valence-corrected chi connectivity index (χ3v) is 8.55. The molecule has 1 fully saturated rings. The molecule has 1 saturated heterocycles. The van der Waals surface area contributed by atoms with Crippen LogP contribution in [-0.2, 0) is 20.4 Å². The van der Waals surface area contributed by atoms with E-state index in [-0.39, 0.29) is 47.9 Å². The number of halogens is 4. The molecule has 0 unspecified atom stereocenters. The minimum atomic E-state index is -4.71. The second-order valence-corrected chi connectivity index (χ2v) is 12.5. The monoisotopic (exact) mass is 606 g/mol. The first-order valence-electron chi connectivity index (χ1n) is 13.0. The van der Waals surface area contributed by atoms with Crippen molar-refractivity contribution in [3.63, 3.8) is 0 Å². The highest BCUT2D eigenvalue weighted by atomic mass is 35.5. The van der Waals surface area contributed by atoms with Gasteiger partial charge in [-0.05, 0) is 40.7 Å². The Kier molecular flexibility index (Phi) is 8.89. The summed E-state index contributed by atoms with van der Waals surface area (Å²) in [5.41, 5.74) is -1.97. The topological polar surface area (TPSA) is 86.1 Å². The summed E-state index contributed by atoms with van der Waals surface area (Å²) in [5, 5.41) is -0.268. The van der Waals surface area contributed by atoms with E-state index in [0.29, 0.717) is 24.5 Å². The molecule has 0 bridgehead atoms. The Morgan fingerprint density at radius 1 is 1.18 bits per heavy atom. The molecular formula is C26H34ClF3N4O5S. The number of nitrogens with zero attached hydrogens (tertiary/aromatic N) is 4. The maximum absolute atomic E-state index is 14.1. The molecule has 3 atom stereocenters. The number of piperazine rings is 1. The minimum Gasteiger partial charge on any atom is -0.444 e. The van der Waals surface area contributed by atoms with Crippen molar-refractivity contribution >= 4 is 46.2 Å². The molecule has 40 heavy (non-hydrogen) atoms. The van der Waals surface area contributed by atoms with Crippen LogP contribution in [0.25, 0.3) is 10.9 Å². The van der Waals surface area contributed by atoms with Crippen molar-refractivity contribution in [2.24, 2.45) is 0 Å². The van der Waals surface area contributed by atoms with Gasteiger partial charge in [0.25, 0.3) is 0 Å². The molecule has 2 aliphatic heterocycles. The molecule has 222 valence electrons. The summed E-state index contributed by atoms with van der Waals surface area (Å²) in [5.74, 6) is 0.420. The molecule has 3 heterocycles. The zero-order valence-corrected chi connectivity index (χ0v) is 24.9. The van der Waals surface area contributed by atoms with Gasteiger partial charge in [-0.1, -0.05) is 11.6 Å². The highest BCUT2D eigenvalue weighted by molar-refractivity contribution is 7.99. The van der Waals surface area contributed by atoms with E-state index in [1.807, 2.05) is 13.8 Å². The van der Waals surface area contributed by atoms with Crippen LogP contribution in [0, 0.1) is 0 Å². The van der Waals surface area contributed by atoms with Gasteiger partial charge in [-0.25, -0.2) is 9.59 Å². The van der Waals surface area contributed by atoms with E-state index in [2.05, 4.69) is 4.98 Å². The fourth-order valence-electron chi connectivity index (χ4n) is 4.97. The Morgan fingerprint density at radius 2 is 1.88 bits per heavy atom. The fraction of sp³-hybridized carbons (Fsp3) is 0.654. The second kappa shape index (κ2) is 11.6. The van der Waals surface area contributed by atoms with Crippen LogP contribution >= 0.6 is 23.4 Å². The van der Waals surface area contributed by atoms with Crippen LogP contribution in [-0.4, -0.2) is 84.0 Å². The van der Waals surface area contributed by atoms with E-state index in [4.69, 9.17) is 25.8 Å². The van der Waals surface area contributed by atoms with Crippen molar-refractivity contribution in [2.75, 3.05) is 50.7 Å². The Balaban J connectivity index is 1.81. The van der Waals surface area contributed by atoms with Crippen LogP contribution in [0.5, 0.6) is 0 Å². The zero-order chi connectivity index (χ0) is 29.6. The molecular weight excluding hydrogens is 573 g/mol. The highest BCUT2D eigenvalue weighted by Crippen LogP contribution is 2.48. The molecule has 1 aromatic carbocycles. The maximum Gasteiger partial charge on any atom is 0.417 e. The van der Waals surface area contributed by atoms with Gasteiger partial charge in [0.1, 0.15) is 11.4 Å². The quantitative estimate of drug-likeness (QED) is 0.414. The molecule has 0 aliphatic carbocycles. The standard InChI is InChI=1S/C26H34ClF3N4O5S/c1-14-11-33(24(36)39-25(3,4)5)15(2)10-32(14)22-17-9-18(26(28,29)30)19(27)21-20(17)34(23(35)31-22)16(13-40-21)12-38-8-7-37-6/h9,14-16H,7-8,10-13H2,1-6H3/t14-,15-,16-/m0/s1. The number of anilines is 1. The molecule has 9 nitrogen and oxygen atoms in total. The van der Waals surface area contributed by atoms with Crippen LogP contribution in [0.2, 0.25) is 5.02 Å². The largest absolute Gasteiger partial charge is 0.444 e. The normalized spacial score (nSPS) is 21.7. The lowest BCUT2D eigenvalue weighted by Crippen LogP contribution is -2.59. The van der Waals surface area contributed by atoms with E-state index >= 15 is 0 Å². The summed E-state index contributed by atoms with van der Waals surface area (Å²) in [6.45, 7) is 10.3. The summed E-state index contributed by atoms with van der Waals surface area (Å²) in [6, 6.07) is -0.208. The van der Waals surface area contributed by atoms with Crippen molar-refractivity contribution in [3.05, 3.63) is 27.1 Å². The number of amides is 1. The van der Waals surface area contributed by atoms with Crippen molar-refractivity contribution in [2.45, 2.75) is 69.4 Å². The minimum absolute atomic E-state index is 0.129. The molecule has 0 saturated carbocycles. The van der Waals surface area contributed by atoms with Gasteiger partial charge in [-0.3, -0.25) is 4.57 Å². The third kappa shape index (κ3) is 6.17. The van der Waals surface area contributed by atoms with Crippen LogP contribution < -0.4 is 10.6 Å². The molecule has 0 N–H and O–H groups in total. The van der Waals surface area contributed by atoms with E-state index < -0.39 is 40.2 Å². The molecule has 0 spiro atoms. The van der Waals surface area contributed by atoms with Gasteiger partial charge >= 0.3 is 18.0 Å². The SMILES string of the molecule is COCCOC[C@H]1CSc2c(Cl)c(C(F)(F)F)cc3c(N4C[C@H](C)N(C(=O)OC(C)(C)C)C[C@@H]4C)nc(=O)n1c23. The predicted molar refractivity (Wildman–Crippen MR) is 148 cm³/mol.